The number of pyridine rings is 1. The minimum Gasteiger partial charge on any atom is -0.383 e. The molecule has 8 heteroatoms. The lowest BCUT2D eigenvalue weighted by atomic mass is 9.85. The van der Waals surface area contributed by atoms with Crippen molar-refractivity contribution in [2.45, 2.75) is 50.6 Å². The lowest BCUT2D eigenvalue weighted by Gasteiger charge is -2.35. The van der Waals surface area contributed by atoms with Crippen molar-refractivity contribution >= 4 is 17.2 Å². The number of hydrogen-bond acceptors (Lipinski definition) is 7. The molecule has 0 amide bonds. The summed E-state index contributed by atoms with van der Waals surface area (Å²) >= 11 is 0. The number of nitrogens with two attached hydrogens (primary N) is 1. The van der Waals surface area contributed by atoms with Crippen LogP contribution < -0.4 is 5.73 Å². The van der Waals surface area contributed by atoms with Gasteiger partial charge in [-0.25, -0.2) is 4.98 Å². The van der Waals surface area contributed by atoms with E-state index in [0.717, 1.165) is 53.8 Å². The van der Waals surface area contributed by atoms with Crippen molar-refractivity contribution in [3.63, 3.8) is 0 Å². The van der Waals surface area contributed by atoms with E-state index in [1.54, 1.807) is 10.7 Å². The molecule has 5 heterocycles. The number of Topliss-reactive ketones (excluding diaryl/α,β-unsaturated/α-hetero) is 1. The number of carbonyl (C=O) groups excluding carboxylic acids is 1. The van der Waals surface area contributed by atoms with E-state index in [2.05, 4.69) is 16.3 Å². The first-order chi connectivity index (χ1) is 17.0. The molecule has 8 nitrogen and oxygen atoms in total. The second-order valence-corrected chi connectivity index (χ2v) is 9.47. The second-order valence-electron chi connectivity index (χ2n) is 9.47. The number of nitrogens with zero attached hydrogens (tertiary/aromatic N) is 6. The maximum atomic E-state index is 12.7. The van der Waals surface area contributed by atoms with Crippen molar-refractivity contribution in [1.82, 2.24) is 24.5 Å². The van der Waals surface area contributed by atoms with Crippen LogP contribution in [0.5, 0.6) is 0 Å². The van der Waals surface area contributed by atoms with Crippen molar-refractivity contribution in [3.05, 3.63) is 66.1 Å². The quantitative estimate of drug-likeness (QED) is 0.352. The summed E-state index contributed by atoms with van der Waals surface area (Å²) in [5, 5.41) is 14.0. The van der Waals surface area contributed by atoms with Crippen molar-refractivity contribution in [1.29, 1.82) is 5.26 Å². The summed E-state index contributed by atoms with van der Waals surface area (Å²) in [7, 11) is 0. The first kappa shape index (κ1) is 21.3. The van der Waals surface area contributed by atoms with E-state index in [9.17, 15) is 10.1 Å². The van der Waals surface area contributed by atoms with Gasteiger partial charge in [-0.1, -0.05) is 36.4 Å². The van der Waals surface area contributed by atoms with Crippen LogP contribution in [0.15, 0.2) is 54.9 Å². The monoisotopic (exact) mass is 463 g/mol. The first-order valence-electron chi connectivity index (χ1n) is 11.9. The van der Waals surface area contributed by atoms with Crippen LogP contribution in [0.2, 0.25) is 0 Å². The molecule has 1 unspecified atom stereocenters. The molecule has 35 heavy (non-hydrogen) atoms. The predicted octanol–water partition coefficient (Wildman–Crippen LogP) is 4.43. The summed E-state index contributed by atoms with van der Waals surface area (Å²) in [6.07, 6.45) is 9.50. The van der Waals surface area contributed by atoms with Crippen LogP contribution >= 0.6 is 0 Å². The topological polar surface area (TPSA) is 113 Å². The Morgan fingerprint density at radius 1 is 1.06 bits per heavy atom. The third kappa shape index (κ3) is 3.43. The maximum absolute atomic E-state index is 12.7. The molecule has 2 N–H and O–H groups in total. The van der Waals surface area contributed by atoms with Crippen molar-refractivity contribution in [3.8, 4) is 28.6 Å². The van der Waals surface area contributed by atoms with Gasteiger partial charge in [-0.2, -0.15) is 14.9 Å². The fourth-order valence-corrected chi connectivity index (χ4v) is 5.79. The van der Waals surface area contributed by atoms with Gasteiger partial charge in [0.1, 0.15) is 5.82 Å². The average molecular weight is 464 g/mol. The van der Waals surface area contributed by atoms with Gasteiger partial charge >= 0.3 is 0 Å². The fourth-order valence-electron chi connectivity index (χ4n) is 5.79. The lowest BCUT2D eigenvalue weighted by Crippen LogP contribution is -2.39. The Hall–Kier alpha value is -4.25. The number of aromatic nitrogens is 4. The molecule has 2 aliphatic rings. The number of benzene rings is 1. The average Bonchev–Trinajstić information content (AvgIpc) is 3.41. The van der Waals surface area contributed by atoms with Crippen LogP contribution in [-0.2, 0) is 0 Å². The van der Waals surface area contributed by atoms with Crippen LogP contribution in [0.3, 0.4) is 0 Å². The van der Waals surface area contributed by atoms with Crippen LogP contribution in [0.25, 0.3) is 28.0 Å². The standard InChI is InChI=1S/C27H25N7O/c1-16(35)24-25(19-11-20-8-9-21(12-19)33(20)15-28)32-27-22(14-31-34(27)26(24)29)18-7-10-23(30-13-18)17-5-3-2-4-6-17/h2-7,10,13-14,19-21H,8-9,11-12,29H2,1H3/t19?,20-,21+. The molecular weight excluding hydrogens is 438 g/mol. The number of hydrogen-bond donors (Lipinski definition) is 1. The number of rotatable bonds is 4. The highest BCUT2D eigenvalue weighted by atomic mass is 16.1. The Bertz CT molecular complexity index is 1460. The molecule has 2 fully saturated rings. The minimum atomic E-state index is -0.118. The van der Waals surface area contributed by atoms with E-state index < -0.39 is 0 Å². The zero-order chi connectivity index (χ0) is 24.1. The van der Waals surface area contributed by atoms with Crippen LogP contribution in [0.4, 0.5) is 5.82 Å². The van der Waals surface area contributed by atoms with E-state index in [0.29, 0.717) is 17.0 Å². The number of piperidine rings is 1. The Morgan fingerprint density at radius 2 is 1.80 bits per heavy atom. The third-order valence-corrected chi connectivity index (χ3v) is 7.44. The molecule has 0 saturated carbocycles. The summed E-state index contributed by atoms with van der Waals surface area (Å²) in [5.41, 5.74) is 11.9. The van der Waals surface area contributed by atoms with E-state index in [1.807, 2.05) is 53.6 Å². The van der Waals surface area contributed by atoms with Gasteiger partial charge in [-0.05, 0) is 38.7 Å². The Labute approximate surface area is 203 Å². The Morgan fingerprint density at radius 3 is 2.43 bits per heavy atom. The molecule has 1 aromatic carbocycles. The first-order valence-corrected chi connectivity index (χ1v) is 11.9. The number of nitriles is 1. The highest BCUT2D eigenvalue weighted by Gasteiger charge is 2.42. The zero-order valence-electron chi connectivity index (χ0n) is 19.4. The van der Waals surface area contributed by atoms with Gasteiger partial charge in [0, 0.05) is 40.9 Å². The minimum absolute atomic E-state index is 0.0737. The largest absolute Gasteiger partial charge is 0.383 e. The maximum Gasteiger partial charge on any atom is 0.179 e. The van der Waals surface area contributed by atoms with Gasteiger partial charge in [-0.3, -0.25) is 9.78 Å². The molecule has 3 aromatic heterocycles. The van der Waals surface area contributed by atoms with Gasteiger partial charge in [0.05, 0.1) is 23.1 Å². The van der Waals surface area contributed by atoms with Gasteiger partial charge < -0.3 is 10.6 Å². The van der Waals surface area contributed by atoms with E-state index in [1.165, 1.54) is 6.92 Å². The van der Waals surface area contributed by atoms with Crippen molar-refractivity contribution < 1.29 is 4.79 Å². The summed E-state index contributed by atoms with van der Waals surface area (Å²) in [4.78, 5) is 24.3. The SMILES string of the molecule is CC(=O)c1c(C2C[C@H]3CC[C@@H](C2)N3C#N)nc2c(-c3ccc(-c4ccccc4)nc3)cnn2c1N. The lowest BCUT2D eigenvalue weighted by molar-refractivity contribution is 0.101. The molecule has 4 aromatic rings. The molecule has 2 saturated heterocycles. The predicted molar refractivity (Wildman–Crippen MR) is 132 cm³/mol. The van der Waals surface area contributed by atoms with Crippen molar-refractivity contribution in [2.75, 3.05) is 5.73 Å². The molecule has 3 atom stereocenters. The van der Waals surface area contributed by atoms with Crippen LogP contribution in [0.1, 0.15) is 54.6 Å². The number of carbonyl (C=O) groups is 1. The van der Waals surface area contributed by atoms with Gasteiger partial charge in [0.15, 0.2) is 17.6 Å². The Kier molecular flexibility index (Phi) is 4.99. The molecule has 174 valence electrons. The summed E-state index contributed by atoms with van der Waals surface area (Å²) in [6, 6.07) is 14.4. The number of fused-ring (bicyclic) bond motifs is 3. The molecule has 0 radical (unpaired) electrons. The number of ketones is 1. The smallest absolute Gasteiger partial charge is 0.179 e. The second kappa shape index (κ2) is 8.20. The number of anilines is 1. The van der Waals surface area contributed by atoms with Crippen LogP contribution in [-0.4, -0.2) is 42.3 Å². The zero-order valence-corrected chi connectivity index (χ0v) is 19.4. The molecule has 6 rings (SSSR count). The Balaban J connectivity index is 1.44. The van der Waals surface area contributed by atoms with Crippen LogP contribution in [0, 0.1) is 11.5 Å². The summed E-state index contributed by atoms with van der Waals surface area (Å²) in [6.45, 7) is 1.53. The molecule has 0 spiro atoms. The summed E-state index contributed by atoms with van der Waals surface area (Å²) < 4.78 is 1.56. The molecular formula is C27H25N7O. The number of nitrogen functional groups attached to an aromatic ring is 1. The highest BCUT2D eigenvalue weighted by Crippen LogP contribution is 2.44. The molecule has 2 bridgehead atoms. The molecule has 2 aliphatic heterocycles. The fraction of sp³-hybridized carbons (Fsp3) is 0.296. The van der Waals surface area contributed by atoms with E-state index in [-0.39, 0.29) is 23.8 Å². The normalized spacial score (nSPS) is 21.3. The van der Waals surface area contributed by atoms with E-state index >= 15 is 0 Å². The van der Waals surface area contributed by atoms with E-state index in [4.69, 9.17) is 10.7 Å². The highest BCUT2D eigenvalue weighted by molar-refractivity contribution is 6.00. The third-order valence-electron chi connectivity index (χ3n) is 7.44. The van der Waals surface area contributed by atoms with Gasteiger partial charge in [0.2, 0.25) is 0 Å². The van der Waals surface area contributed by atoms with Gasteiger partial charge in [0.25, 0.3) is 0 Å². The van der Waals surface area contributed by atoms with Crippen molar-refractivity contribution in [2.24, 2.45) is 0 Å². The molecule has 0 aliphatic carbocycles. The van der Waals surface area contributed by atoms with Gasteiger partial charge in [-0.15, -0.1) is 0 Å². The summed E-state index contributed by atoms with van der Waals surface area (Å²) in [5.74, 6) is 0.269.